The standard InChI is InChI=1S/C11H14N2O2/c14-11(10-4-2-6-15-10)13-8-9-3-1-5-12-7-9/h1,3,5,7,10H,2,4,6,8H2,(H,13,14). The molecule has 80 valence electrons. The second-order valence-electron chi connectivity index (χ2n) is 3.58. The first kappa shape index (κ1) is 10.1. The Balaban J connectivity index is 1.80. The first-order valence-electron chi connectivity index (χ1n) is 5.14. The van der Waals surface area contributed by atoms with E-state index >= 15 is 0 Å². The number of nitrogens with one attached hydrogen (secondary N) is 1. The van der Waals surface area contributed by atoms with Gasteiger partial charge in [0.25, 0.3) is 0 Å². The Hall–Kier alpha value is -1.42. The molecule has 1 aromatic heterocycles. The normalized spacial score (nSPS) is 20.1. The van der Waals surface area contributed by atoms with Gasteiger partial charge in [0, 0.05) is 25.5 Å². The van der Waals surface area contributed by atoms with Gasteiger partial charge in [-0.2, -0.15) is 0 Å². The Labute approximate surface area is 88.7 Å². The molecule has 2 rings (SSSR count). The van der Waals surface area contributed by atoms with E-state index in [1.807, 2.05) is 12.1 Å². The molecule has 15 heavy (non-hydrogen) atoms. The van der Waals surface area contributed by atoms with Crippen LogP contribution in [-0.4, -0.2) is 23.6 Å². The van der Waals surface area contributed by atoms with Crippen LogP contribution in [0.3, 0.4) is 0 Å². The lowest BCUT2D eigenvalue weighted by Gasteiger charge is -2.09. The van der Waals surface area contributed by atoms with E-state index in [9.17, 15) is 4.79 Å². The predicted molar refractivity (Wildman–Crippen MR) is 55.1 cm³/mol. The zero-order valence-electron chi connectivity index (χ0n) is 8.48. The Kier molecular flexibility index (Phi) is 3.29. The fourth-order valence-electron chi connectivity index (χ4n) is 1.59. The minimum atomic E-state index is -0.248. The van der Waals surface area contributed by atoms with Gasteiger partial charge >= 0.3 is 0 Å². The van der Waals surface area contributed by atoms with Crippen molar-refractivity contribution in [3.8, 4) is 0 Å². The molecule has 0 bridgehead atoms. The van der Waals surface area contributed by atoms with E-state index in [0.717, 1.165) is 18.4 Å². The summed E-state index contributed by atoms with van der Waals surface area (Å²) in [4.78, 5) is 15.5. The van der Waals surface area contributed by atoms with Crippen molar-refractivity contribution in [1.29, 1.82) is 0 Å². The van der Waals surface area contributed by atoms with Crippen molar-refractivity contribution in [2.24, 2.45) is 0 Å². The first-order valence-corrected chi connectivity index (χ1v) is 5.14. The predicted octanol–water partition coefficient (Wildman–Crippen LogP) is 0.877. The first-order chi connectivity index (χ1) is 7.36. The highest BCUT2D eigenvalue weighted by Crippen LogP contribution is 2.11. The van der Waals surface area contributed by atoms with E-state index < -0.39 is 0 Å². The second kappa shape index (κ2) is 4.89. The molecule has 0 aromatic carbocycles. The van der Waals surface area contributed by atoms with E-state index in [1.54, 1.807) is 12.4 Å². The number of pyridine rings is 1. The summed E-state index contributed by atoms with van der Waals surface area (Å²) in [6, 6.07) is 3.79. The third kappa shape index (κ3) is 2.76. The number of ether oxygens (including phenoxy) is 1. The summed E-state index contributed by atoms with van der Waals surface area (Å²) < 4.78 is 5.28. The minimum absolute atomic E-state index is 0.0173. The number of hydrogen-bond acceptors (Lipinski definition) is 3. The topological polar surface area (TPSA) is 51.2 Å². The number of rotatable bonds is 3. The minimum Gasteiger partial charge on any atom is -0.368 e. The van der Waals surface area contributed by atoms with Crippen LogP contribution in [0.4, 0.5) is 0 Å². The summed E-state index contributed by atoms with van der Waals surface area (Å²) in [5.41, 5.74) is 1.00. The van der Waals surface area contributed by atoms with Crippen molar-refractivity contribution in [2.75, 3.05) is 6.61 Å². The van der Waals surface area contributed by atoms with Crippen LogP contribution >= 0.6 is 0 Å². The van der Waals surface area contributed by atoms with Crippen molar-refractivity contribution >= 4 is 5.91 Å². The fourth-order valence-corrected chi connectivity index (χ4v) is 1.59. The summed E-state index contributed by atoms with van der Waals surface area (Å²) in [5.74, 6) is -0.0173. The molecule has 1 unspecified atom stereocenters. The van der Waals surface area contributed by atoms with Crippen molar-refractivity contribution in [2.45, 2.75) is 25.5 Å². The monoisotopic (exact) mass is 206 g/mol. The number of carbonyl (C=O) groups excluding carboxylic acids is 1. The zero-order chi connectivity index (χ0) is 10.5. The Morgan fingerprint density at radius 2 is 2.60 bits per heavy atom. The fraction of sp³-hybridized carbons (Fsp3) is 0.455. The summed E-state index contributed by atoms with van der Waals surface area (Å²) in [6.45, 7) is 1.22. The molecular weight excluding hydrogens is 192 g/mol. The van der Waals surface area contributed by atoms with Crippen LogP contribution in [0.5, 0.6) is 0 Å². The lowest BCUT2D eigenvalue weighted by Crippen LogP contribution is -2.33. The molecule has 4 nitrogen and oxygen atoms in total. The molecule has 1 aromatic rings. The molecule has 1 fully saturated rings. The van der Waals surface area contributed by atoms with Crippen LogP contribution in [-0.2, 0) is 16.1 Å². The van der Waals surface area contributed by atoms with Crippen LogP contribution in [0.1, 0.15) is 18.4 Å². The molecule has 1 saturated heterocycles. The van der Waals surface area contributed by atoms with Crippen molar-refractivity contribution in [3.05, 3.63) is 30.1 Å². The molecule has 4 heteroatoms. The molecule has 0 saturated carbocycles. The summed E-state index contributed by atoms with van der Waals surface area (Å²) in [6.07, 6.45) is 5.02. The van der Waals surface area contributed by atoms with Gasteiger partial charge in [-0.15, -0.1) is 0 Å². The summed E-state index contributed by atoms with van der Waals surface area (Å²) in [5, 5.41) is 2.84. The van der Waals surface area contributed by atoms with Crippen LogP contribution < -0.4 is 5.32 Å². The van der Waals surface area contributed by atoms with Gasteiger partial charge in [0.2, 0.25) is 5.91 Å². The maximum atomic E-state index is 11.6. The third-order valence-corrected chi connectivity index (χ3v) is 2.41. The van der Waals surface area contributed by atoms with Gasteiger partial charge < -0.3 is 10.1 Å². The number of carbonyl (C=O) groups is 1. The zero-order valence-corrected chi connectivity index (χ0v) is 8.48. The molecule has 1 atom stereocenters. The molecule has 1 aliphatic rings. The average Bonchev–Trinajstić information content (AvgIpc) is 2.81. The van der Waals surface area contributed by atoms with E-state index in [1.165, 1.54) is 0 Å². The Morgan fingerprint density at radius 3 is 3.27 bits per heavy atom. The number of aromatic nitrogens is 1. The van der Waals surface area contributed by atoms with Crippen LogP contribution in [0.15, 0.2) is 24.5 Å². The molecular formula is C11H14N2O2. The van der Waals surface area contributed by atoms with Crippen LogP contribution in [0.2, 0.25) is 0 Å². The van der Waals surface area contributed by atoms with Crippen LogP contribution in [0, 0.1) is 0 Å². The van der Waals surface area contributed by atoms with E-state index in [-0.39, 0.29) is 12.0 Å². The molecule has 0 spiro atoms. The van der Waals surface area contributed by atoms with Crippen molar-refractivity contribution in [3.63, 3.8) is 0 Å². The molecule has 1 amide bonds. The number of amides is 1. The second-order valence-corrected chi connectivity index (χ2v) is 3.58. The highest BCUT2D eigenvalue weighted by atomic mass is 16.5. The van der Waals surface area contributed by atoms with Crippen molar-refractivity contribution < 1.29 is 9.53 Å². The Bertz CT molecular complexity index is 321. The summed E-state index contributed by atoms with van der Waals surface area (Å²) in [7, 11) is 0. The maximum Gasteiger partial charge on any atom is 0.249 e. The number of hydrogen-bond donors (Lipinski definition) is 1. The quantitative estimate of drug-likeness (QED) is 0.798. The van der Waals surface area contributed by atoms with Gasteiger partial charge in [-0.05, 0) is 24.5 Å². The molecule has 1 aliphatic heterocycles. The Morgan fingerprint density at radius 1 is 1.67 bits per heavy atom. The van der Waals surface area contributed by atoms with E-state index in [2.05, 4.69) is 10.3 Å². The van der Waals surface area contributed by atoms with Gasteiger partial charge in [0.15, 0.2) is 0 Å². The maximum absolute atomic E-state index is 11.6. The van der Waals surface area contributed by atoms with Crippen LogP contribution in [0.25, 0.3) is 0 Å². The third-order valence-electron chi connectivity index (χ3n) is 2.41. The van der Waals surface area contributed by atoms with E-state index in [0.29, 0.717) is 13.2 Å². The van der Waals surface area contributed by atoms with Crippen molar-refractivity contribution in [1.82, 2.24) is 10.3 Å². The van der Waals surface area contributed by atoms with E-state index in [4.69, 9.17) is 4.74 Å². The molecule has 2 heterocycles. The van der Waals surface area contributed by atoms with Gasteiger partial charge in [-0.1, -0.05) is 6.07 Å². The van der Waals surface area contributed by atoms with Gasteiger partial charge in [0.1, 0.15) is 6.10 Å². The lowest BCUT2D eigenvalue weighted by atomic mass is 10.2. The molecule has 1 N–H and O–H groups in total. The van der Waals surface area contributed by atoms with Gasteiger partial charge in [-0.25, -0.2) is 0 Å². The summed E-state index contributed by atoms with van der Waals surface area (Å²) >= 11 is 0. The lowest BCUT2D eigenvalue weighted by molar-refractivity contribution is -0.130. The van der Waals surface area contributed by atoms with Gasteiger partial charge in [-0.3, -0.25) is 9.78 Å². The molecule has 0 radical (unpaired) electrons. The highest BCUT2D eigenvalue weighted by molar-refractivity contribution is 5.80. The highest BCUT2D eigenvalue weighted by Gasteiger charge is 2.22. The molecule has 0 aliphatic carbocycles. The largest absolute Gasteiger partial charge is 0.368 e. The number of nitrogens with zero attached hydrogens (tertiary/aromatic N) is 1. The van der Waals surface area contributed by atoms with Gasteiger partial charge in [0.05, 0.1) is 0 Å². The SMILES string of the molecule is O=C(NCc1cccnc1)C1CCCO1. The average molecular weight is 206 g/mol. The smallest absolute Gasteiger partial charge is 0.249 e.